The molecule has 0 bridgehead atoms. The van der Waals surface area contributed by atoms with Gasteiger partial charge in [-0.1, -0.05) is 56.7 Å². The van der Waals surface area contributed by atoms with Gasteiger partial charge in [-0.2, -0.15) is 0 Å². The summed E-state index contributed by atoms with van der Waals surface area (Å²) in [5.41, 5.74) is 2.11. The number of ether oxygens (including phenoxy) is 1. The van der Waals surface area contributed by atoms with Crippen molar-refractivity contribution in [1.82, 2.24) is 20.9 Å². The topological polar surface area (TPSA) is 134 Å². The summed E-state index contributed by atoms with van der Waals surface area (Å²) in [4.78, 5) is 69.1. The predicted octanol–water partition coefficient (Wildman–Crippen LogP) is 3.63. The Bertz CT molecular complexity index is 1340. The van der Waals surface area contributed by atoms with E-state index in [0.717, 1.165) is 43.2 Å². The van der Waals surface area contributed by atoms with E-state index in [1.165, 1.54) is 6.08 Å². The van der Waals surface area contributed by atoms with Gasteiger partial charge < -0.3 is 25.6 Å². The number of rotatable bonds is 13. The summed E-state index contributed by atoms with van der Waals surface area (Å²) >= 11 is 0. The molecule has 248 valence electrons. The fourth-order valence-corrected chi connectivity index (χ4v) is 7.92. The molecule has 4 amide bonds. The molecule has 0 aromatic heterocycles. The van der Waals surface area contributed by atoms with Crippen molar-refractivity contribution in [3.63, 3.8) is 0 Å². The van der Waals surface area contributed by atoms with Gasteiger partial charge in [-0.3, -0.25) is 19.2 Å². The Labute approximate surface area is 271 Å². The van der Waals surface area contributed by atoms with Gasteiger partial charge in [0.1, 0.15) is 18.2 Å². The van der Waals surface area contributed by atoms with E-state index in [1.54, 1.807) is 11.0 Å². The number of piperidine rings is 1. The van der Waals surface area contributed by atoms with E-state index in [4.69, 9.17) is 4.74 Å². The lowest BCUT2D eigenvalue weighted by molar-refractivity contribution is -0.144. The molecule has 1 heterocycles. The van der Waals surface area contributed by atoms with Crippen LogP contribution in [0.5, 0.6) is 0 Å². The Kier molecular flexibility index (Phi) is 10.3. The van der Waals surface area contributed by atoms with Crippen LogP contribution in [0.2, 0.25) is 0 Å². The lowest BCUT2D eigenvalue weighted by Gasteiger charge is -2.35. The number of likely N-dealkylation sites (tertiary alicyclic amines) is 1. The molecule has 2 saturated carbocycles. The van der Waals surface area contributed by atoms with Crippen LogP contribution in [-0.4, -0.2) is 71.8 Å². The first-order valence-corrected chi connectivity index (χ1v) is 16.7. The van der Waals surface area contributed by atoms with Gasteiger partial charge in [0.25, 0.3) is 5.91 Å². The number of amides is 4. The maximum atomic E-state index is 14.5. The number of nitrogens with one attached hydrogen (secondary N) is 3. The van der Waals surface area contributed by atoms with Crippen LogP contribution in [0, 0.1) is 23.2 Å². The molecule has 5 atom stereocenters. The Balaban J connectivity index is 1.37. The first kappa shape index (κ1) is 33.4. The summed E-state index contributed by atoms with van der Waals surface area (Å²) in [5, 5.41) is 8.25. The van der Waals surface area contributed by atoms with Crippen molar-refractivity contribution in [2.75, 3.05) is 13.1 Å². The highest BCUT2D eigenvalue weighted by Gasteiger charge is 2.69. The summed E-state index contributed by atoms with van der Waals surface area (Å²) in [5.74, 6) is -2.57. The zero-order chi connectivity index (χ0) is 33.0. The zero-order valence-corrected chi connectivity index (χ0v) is 27.1. The number of hydrogen-bond donors (Lipinski definition) is 3. The fourth-order valence-electron chi connectivity index (χ4n) is 7.92. The van der Waals surface area contributed by atoms with E-state index in [2.05, 4.69) is 43.0 Å². The molecule has 1 aromatic rings. The molecule has 0 radical (unpaired) electrons. The highest BCUT2D eigenvalue weighted by molar-refractivity contribution is 6.38. The number of nitrogens with zero attached hydrogens (tertiary/aromatic N) is 1. The highest BCUT2D eigenvalue weighted by Crippen LogP contribution is 2.65. The number of hydrogen-bond acceptors (Lipinski definition) is 6. The molecule has 10 heteroatoms. The third-order valence-electron chi connectivity index (χ3n) is 10.6. The van der Waals surface area contributed by atoms with E-state index in [9.17, 15) is 24.0 Å². The summed E-state index contributed by atoms with van der Waals surface area (Å²) < 4.78 is 5.79. The maximum absolute atomic E-state index is 14.5. The zero-order valence-electron chi connectivity index (χ0n) is 27.1. The van der Waals surface area contributed by atoms with Crippen LogP contribution in [0.15, 0.2) is 49.6 Å². The van der Waals surface area contributed by atoms with Crippen LogP contribution in [0.25, 0.3) is 0 Å². The second kappa shape index (κ2) is 14.2. The van der Waals surface area contributed by atoms with Crippen LogP contribution in [-0.2, 0) is 36.8 Å². The van der Waals surface area contributed by atoms with Crippen molar-refractivity contribution in [3.05, 3.63) is 60.7 Å². The van der Waals surface area contributed by atoms with E-state index in [1.807, 2.05) is 24.3 Å². The molecule has 1 aliphatic heterocycles. The van der Waals surface area contributed by atoms with E-state index in [-0.39, 0.29) is 48.1 Å². The Morgan fingerprint density at radius 1 is 1.00 bits per heavy atom. The van der Waals surface area contributed by atoms with Crippen LogP contribution in [0.1, 0.15) is 69.9 Å². The van der Waals surface area contributed by atoms with Crippen molar-refractivity contribution in [3.8, 4) is 0 Å². The fraction of sp³-hybridized carbons (Fsp3) is 0.583. The first-order chi connectivity index (χ1) is 22.1. The van der Waals surface area contributed by atoms with Crippen molar-refractivity contribution < 1.29 is 28.7 Å². The molecule has 3 N–H and O–H groups in total. The molecule has 5 rings (SSSR count). The monoisotopic (exact) mass is 632 g/mol. The van der Waals surface area contributed by atoms with E-state index in [0.29, 0.717) is 25.8 Å². The second-order valence-corrected chi connectivity index (χ2v) is 13.9. The number of benzene rings is 1. The summed E-state index contributed by atoms with van der Waals surface area (Å²) in [6, 6.07) is 5.24. The van der Waals surface area contributed by atoms with Crippen LogP contribution >= 0.6 is 0 Å². The van der Waals surface area contributed by atoms with Gasteiger partial charge in [0.15, 0.2) is 0 Å². The lowest BCUT2D eigenvalue weighted by Crippen LogP contribution is -2.59. The molecule has 3 aliphatic carbocycles. The van der Waals surface area contributed by atoms with Crippen LogP contribution < -0.4 is 16.0 Å². The summed E-state index contributed by atoms with van der Waals surface area (Å²) in [6.45, 7) is 11.9. The number of alkyl carbamates (subject to hydrolysis) is 1. The third kappa shape index (κ3) is 7.05. The number of carbonyl (C=O) groups is 5. The largest absolute Gasteiger partial charge is 0.446 e. The van der Waals surface area contributed by atoms with Crippen molar-refractivity contribution in [2.45, 2.75) is 95.9 Å². The standard InChI is InChI=1S/C36H48N4O6/c1-5-7-17-27(31(41)33(43)37-18-6-2)38-32(42)30-28-26(36(28,3)4)21-40(30)34(44)29(24-19-22-13-11-12-14-23(22)20-24)39-35(45)46-25-15-9-8-10-16-25/h5-6,11-14,24-30H,1-2,7-10,15-21H2,3-4H3,(H,37,43)(H,38,42)(H,39,45)/t26?,27?,28?,29-,30?/m0/s1. The minimum atomic E-state index is -1.07. The molecule has 0 spiro atoms. The quantitative estimate of drug-likeness (QED) is 0.225. The smallest absolute Gasteiger partial charge is 0.408 e. The van der Waals surface area contributed by atoms with Gasteiger partial charge in [-0.25, -0.2) is 4.79 Å². The predicted molar refractivity (Wildman–Crippen MR) is 173 cm³/mol. The van der Waals surface area contributed by atoms with E-state index < -0.39 is 41.8 Å². The van der Waals surface area contributed by atoms with Gasteiger partial charge >= 0.3 is 6.09 Å². The normalized spacial score (nSPS) is 24.5. The van der Waals surface area contributed by atoms with E-state index >= 15 is 0 Å². The first-order valence-electron chi connectivity index (χ1n) is 16.7. The molecule has 4 aliphatic rings. The number of carbonyl (C=O) groups excluding carboxylic acids is 5. The van der Waals surface area contributed by atoms with Crippen LogP contribution in [0.3, 0.4) is 0 Å². The van der Waals surface area contributed by atoms with Gasteiger partial charge in [-0.15, -0.1) is 13.2 Å². The molecule has 46 heavy (non-hydrogen) atoms. The SMILES string of the molecule is C=CCCC(NC(=O)C1C2C(CN1C(=O)[C@@H](NC(=O)OC1CCCCC1)C1Cc3ccccc3C1)C2(C)C)C(=O)C(=O)NCC=C. The van der Waals surface area contributed by atoms with Crippen molar-refractivity contribution in [2.24, 2.45) is 23.2 Å². The molecular weight excluding hydrogens is 584 g/mol. The summed E-state index contributed by atoms with van der Waals surface area (Å²) in [7, 11) is 0. The second-order valence-electron chi connectivity index (χ2n) is 13.9. The molecule has 10 nitrogen and oxygen atoms in total. The molecule has 4 unspecified atom stereocenters. The maximum Gasteiger partial charge on any atom is 0.408 e. The van der Waals surface area contributed by atoms with Gasteiger partial charge in [0.05, 0.1) is 6.04 Å². The number of fused-ring (bicyclic) bond motifs is 2. The van der Waals surface area contributed by atoms with Crippen molar-refractivity contribution in [1.29, 1.82) is 0 Å². The van der Waals surface area contributed by atoms with Gasteiger partial charge in [0.2, 0.25) is 17.6 Å². The Morgan fingerprint density at radius 2 is 1.67 bits per heavy atom. The molecule has 1 aromatic carbocycles. The Hall–Kier alpha value is -3.95. The minimum absolute atomic E-state index is 0.0982. The van der Waals surface area contributed by atoms with Gasteiger partial charge in [0, 0.05) is 13.1 Å². The van der Waals surface area contributed by atoms with Crippen molar-refractivity contribution >= 4 is 29.6 Å². The highest BCUT2D eigenvalue weighted by atomic mass is 16.6. The summed E-state index contributed by atoms with van der Waals surface area (Å²) in [6.07, 6.45) is 8.94. The van der Waals surface area contributed by atoms with Gasteiger partial charge in [-0.05, 0) is 85.7 Å². The number of allylic oxidation sites excluding steroid dienone is 1. The minimum Gasteiger partial charge on any atom is -0.446 e. The Morgan fingerprint density at radius 3 is 2.30 bits per heavy atom. The average molecular weight is 633 g/mol. The average Bonchev–Trinajstić information content (AvgIpc) is 3.40. The molecule has 3 fully saturated rings. The third-order valence-corrected chi connectivity index (χ3v) is 10.6. The van der Waals surface area contributed by atoms with Crippen LogP contribution in [0.4, 0.5) is 4.79 Å². The molecule has 1 saturated heterocycles. The lowest BCUT2D eigenvalue weighted by atomic mass is 9.93. The molecular formula is C36H48N4O6. The number of ketones is 1. The number of Topliss-reactive ketones (excluding diaryl/α,β-unsaturated/α-hetero) is 1.